The molecule has 1 heterocycles. The van der Waals surface area contributed by atoms with Crippen molar-refractivity contribution >= 4 is 0 Å². The Morgan fingerprint density at radius 2 is 2.28 bits per heavy atom. The highest BCUT2D eigenvalue weighted by molar-refractivity contribution is 5.09. The van der Waals surface area contributed by atoms with Gasteiger partial charge in [-0.15, -0.1) is 0 Å². The van der Waals surface area contributed by atoms with Crippen molar-refractivity contribution in [3.8, 4) is 0 Å². The second-order valence-electron chi connectivity index (χ2n) is 5.20. The molecule has 2 rings (SSSR count). The molecule has 0 bridgehead atoms. The van der Waals surface area contributed by atoms with Gasteiger partial charge in [-0.3, -0.25) is 4.98 Å². The van der Waals surface area contributed by atoms with Gasteiger partial charge in [0.05, 0.1) is 5.69 Å². The standard InChI is InChI=1S/C15H24N2O/c1-2-13(16)15(14-8-3-4-10-17-14)18-11-9-12-6-5-7-12/h3-4,8,10,12-13,15H,2,5-7,9,11,16H2,1H3. The summed E-state index contributed by atoms with van der Waals surface area (Å²) >= 11 is 0. The molecule has 1 fully saturated rings. The number of hydrogen-bond donors (Lipinski definition) is 1. The first-order valence-electron chi connectivity index (χ1n) is 7.09. The lowest BCUT2D eigenvalue weighted by molar-refractivity contribution is 0.0178. The van der Waals surface area contributed by atoms with Crippen molar-refractivity contribution < 1.29 is 4.74 Å². The lowest BCUT2D eigenvalue weighted by Gasteiger charge is -2.27. The maximum atomic E-state index is 6.15. The molecule has 2 atom stereocenters. The highest BCUT2D eigenvalue weighted by Gasteiger charge is 2.22. The SMILES string of the molecule is CCC(N)C(OCCC1CCC1)c1ccccn1. The van der Waals surface area contributed by atoms with Crippen molar-refractivity contribution in [1.29, 1.82) is 0 Å². The fourth-order valence-electron chi connectivity index (χ4n) is 2.33. The largest absolute Gasteiger partial charge is 0.370 e. The van der Waals surface area contributed by atoms with Gasteiger partial charge in [-0.25, -0.2) is 0 Å². The normalized spacial score (nSPS) is 19.2. The number of aromatic nitrogens is 1. The topological polar surface area (TPSA) is 48.1 Å². The van der Waals surface area contributed by atoms with E-state index in [4.69, 9.17) is 10.5 Å². The molecule has 100 valence electrons. The fourth-order valence-corrected chi connectivity index (χ4v) is 2.33. The third-order valence-corrected chi connectivity index (χ3v) is 3.89. The molecule has 1 aliphatic rings. The Hall–Kier alpha value is -0.930. The smallest absolute Gasteiger partial charge is 0.114 e. The Balaban J connectivity index is 1.88. The summed E-state index contributed by atoms with van der Waals surface area (Å²) in [4.78, 5) is 4.38. The van der Waals surface area contributed by atoms with Gasteiger partial charge >= 0.3 is 0 Å². The maximum absolute atomic E-state index is 6.15. The van der Waals surface area contributed by atoms with Gasteiger partial charge in [0.2, 0.25) is 0 Å². The summed E-state index contributed by atoms with van der Waals surface area (Å²) in [7, 11) is 0. The second kappa shape index (κ2) is 6.86. The van der Waals surface area contributed by atoms with Gasteiger partial charge in [-0.1, -0.05) is 32.3 Å². The summed E-state index contributed by atoms with van der Waals surface area (Å²) in [5.41, 5.74) is 7.11. The number of rotatable bonds is 7. The predicted molar refractivity (Wildman–Crippen MR) is 73.2 cm³/mol. The summed E-state index contributed by atoms with van der Waals surface area (Å²) in [6, 6.07) is 5.95. The van der Waals surface area contributed by atoms with E-state index in [1.54, 1.807) is 6.20 Å². The van der Waals surface area contributed by atoms with Crippen LogP contribution in [0.3, 0.4) is 0 Å². The van der Waals surface area contributed by atoms with Crippen LogP contribution in [-0.4, -0.2) is 17.6 Å². The van der Waals surface area contributed by atoms with Gasteiger partial charge in [-0.2, -0.15) is 0 Å². The molecule has 0 spiro atoms. The van der Waals surface area contributed by atoms with Crippen LogP contribution in [0.25, 0.3) is 0 Å². The summed E-state index contributed by atoms with van der Waals surface area (Å²) in [5, 5.41) is 0. The van der Waals surface area contributed by atoms with Crippen LogP contribution in [0.5, 0.6) is 0 Å². The van der Waals surface area contributed by atoms with E-state index in [1.165, 1.54) is 25.7 Å². The molecule has 0 saturated heterocycles. The molecule has 2 unspecified atom stereocenters. The minimum Gasteiger partial charge on any atom is -0.370 e. The van der Waals surface area contributed by atoms with Gasteiger partial charge in [0, 0.05) is 18.8 Å². The zero-order valence-electron chi connectivity index (χ0n) is 11.2. The van der Waals surface area contributed by atoms with Crippen molar-refractivity contribution in [3.05, 3.63) is 30.1 Å². The molecule has 2 N–H and O–H groups in total. The van der Waals surface area contributed by atoms with Crippen LogP contribution >= 0.6 is 0 Å². The Bertz CT molecular complexity index is 338. The second-order valence-corrected chi connectivity index (χ2v) is 5.20. The average molecular weight is 248 g/mol. The molecular formula is C15H24N2O. The Kier molecular flexibility index (Phi) is 5.14. The van der Waals surface area contributed by atoms with Gasteiger partial charge in [0.1, 0.15) is 6.10 Å². The van der Waals surface area contributed by atoms with Crippen molar-refractivity contribution in [3.63, 3.8) is 0 Å². The predicted octanol–water partition coefficient (Wildman–Crippen LogP) is 3.07. The fraction of sp³-hybridized carbons (Fsp3) is 0.667. The highest BCUT2D eigenvalue weighted by atomic mass is 16.5. The van der Waals surface area contributed by atoms with Crippen LogP contribution in [0, 0.1) is 5.92 Å². The van der Waals surface area contributed by atoms with E-state index in [0.717, 1.165) is 24.6 Å². The molecule has 0 aliphatic heterocycles. The third kappa shape index (κ3) is 3.53. The van der Waals surface area contributed by atoms with E-state index in [2.05, 4.69) is 11.9 Å². The van der Waals surface area contributed by atoms with Gasteiger partial charge < -0.3 is 10.5 Å². The van der Waals surface area contributed by atoms with E-state index in [1.807, 2.05) is 18.2 Å². The first-order chi connectivity index (χ1) is 8.81. The first kappa shape index (κ1) is 13.5. The van der Waals surface area contributed by atoms with Crippen LogP contribution in [0.1, 0.15) is 50.8 Å². The van der Waals surface area contributed by atoms with E-state index in [0.29, 0.717) is 0 Å². The number of nitrogens with two attached hydrogens (primary N) is 1. The van der Waals surface area contributed by atoms with Crippen LogP contribution in [0.15, 0.2) is 24.4 Å². The minimum atomic E-state index is -0.0590. The van der Waals surface area contributed by atoms with Crippen molar-refractivity contribution in [2.24, 2.45) is 11.7 Å². The van der Waals surface area contributed by atoms with Gasteiger partial charge in [0.15, 0.2) is 0 Å². The van der Waals surface area contributed by atoms with E-state index in [9.17, 15) is 0 Å². The first-order valence-corrected chi connectivity index (χ1v) is 7.09. The summed E-state index contributed by atoms with van der Waals surface area (Å²) < 4.78 is 6.00. The molecule has 0 amide bonds. The van der Waals surface area contributed by atoms with Crippen LogP contribution in [-0.2, 0) is 4.74 Å². The van der Waals surface area contributed by atoms with E-state index < -0.39 is 0 Å². The van der Waals surface area contributed by atoms with E-state index in [-0.39, 0.29) is 12.1 Å². The Labute approximate surface area is 110 Å². The van der Waals surface area contributed by atoms with Gasteiger partial charge in [-0.05, 0) is 30.9 Å². The molecule has 1 aliphatic carbocycles. The molecule has 1 aromatic heterocycles. The van der Waals surface area contributed by atoms with Crippen LogP contribution < -0.4 is 5.73 Å². The Morgan fingerprint density at radius 3 is 2.83 bits per heavy atom. The van der Waals surface area contributed by atoms with Crippen LogP contribution in [0.4, 0.5) is 0 Å². The Morgan fingerprint density at radius 1 is 1.44 bits per heavy atom. The summed E-state index contributed by atoms with van der Waals surface area (Å²) in [6.45, 7) is 2.90. The third-order valence-electron chi connectivity index (χ3n) is 3.89. The number of hydrogen-bond acceptors (Lipinski definition) is 3. The zero-order chi connectivity index (χ0) is 12.8. The minimum absolute atomic E-state index is 0.0290. The molecule has 18 heavy (non-hydrogen) atoms. The van der Waals surface area contributed by atoms with Crippen molar-refractivity contribution in [2.75, 3.05) is 6.61 Å². The highest BCUT2D eigenvalue weighted by Crippen LogP contribution is 2.30. The molecular weight excluding hydrogens is 224 g/mol. The maximum Gasteiger partial charge on any atom is 0.114 e. The van der Waals surface area contributed by atoms with Gasteiger partial charge in [0.25, 0.3) is 0 Å². The molecule has 0 aromatic carbocycles. The molecule has 0 radical (unpaired) electrons. The number of pyridine rings is 1. The number of ether oxygens (including phenoxy) is 1. The monoisotopic (exact) mass is 248 g/mol. The van der Waals surface area contributed by atoms with Crippen molar-refractivity contribution in [2.45, 2.75) is 51.2 Å². The molecule has 3 nitrogen and oxygen atoms in total. The molecule has 1 aromatic rings. The zero-order valence-corrected chi connectivity index (χ0v) is 11.2. The average Bonchev–Trinajstić information content (AvgIpc) is 2.37. The molecule has 3 heteroatoms. The molecule has 1 saturated carbocycles. The summed E-state index contributed by atoms with van der Waals surface area (Å²) in [6.07, 6.45) is 7.96. The van der Waals surface area contributed by atoms with E-state index >= 15 is 0 Å². The lowest BCUT2D eigenvalue weighted by atomic mass is 9.83. The quantitative estimate of drug-likeness (QED) is 0.806. The summed E-state index contributed by atoms with van der Waals surface area (Å²) in [5.74, 6) is 0.882. The van der Waals surface area contributed by atoms with Crippen molar-refractivity contribution in [1.82, 2.24) is 4.98 Å². The lowest BCUT2D eigenvalue weighted by Crippen LogP contribution is -2.31. The number of nitrogens with zero attached hydrogens (tertiary/aromatic N) is 1. The van der Waals surface area contributed by atoms with Crippen LogP contribution in [0.2, 0.25) is 0 Å².